The van der Waals surface area contributed by atoms with Crippen molar-refractivity contribution in [3.05, 3.63) is 0 Å². The van der Waals surface area contributed by atoms with Crippen LogP contribution in [0.15, 0.2) is 0 Å². The van der Waals surface area contributed by atoms with Crippen LogP contribution < -0.4 is 5.32 Å². The molecule has 0 saturated carbocycles. The summed E-state index contributed by atoms with van der Waals surface area (Å²) < 4.78 is 16.8. The zero-order valence-corrected chi connectivity index (χ0v) is 14.2. The van der Waals surface area contributed by atoms with Gasteiger partial charge in [-0.15, -0.1) is 0 Å². The number of hydrogen-bond donors (Lipinski definition) is 1. The minimum Gasteiger partial charge on any atom is -0.444 e. The van der Waals surface area contributed by atoms with Crippen LogP contribution in [0.2, 0.25) is 0 Å². The van der Waals surface area contributed by atoms with Crippen LogP contribution in [0.25, 0.3) is 0 Å². The Morgan fingerprint density at radius 3 is 2.48 bits per heavy atom. The fourth-order valence-corrected chi connectivity index (χ4v) is 4.20. The van der Waals surface area contributed by atoms with Crippen molar-refractivity contribution in [2.45, 2.75) is 64.1 Å². The summed E-state index contributed by atoms with van der Waals surface area (Å²) in [5, 5.41) is 3.64. The second-order valence-electron chi connectivity index (χ2n) is 7.05. The van der Waals surface area contributed by atoms with Gasteiger partial charge in [-0.1, -0.05) is 0 Å². The molecule has 2 saturated heterocycles. The summed E-state index contributed by atoms with van der Waals surface area (Å²) in [6, 6.07) is 0.786. The Kier molecular flexibility index (Phi) is 5.66. The number of ether oxygens (including phenoxy) is 1. The van der Waals surface area contributed by atoms with E-state index in [0.717, 1.165) is 43.7 Å². The standard InChI is InChI=1S/C15H28N2O3S/c1-15(2,3)20-14(18)17-8-4-5-13(11-17)16-12-6-9-21(19)10-7-12/h12-13,16H,4-11H2,1-3H3. The van der Waals surface area contributed by atoms with Crippen LogP contribution in [-0.2, 0) is 15.5 Å². The lowest BCUT2D eigenvalue weighted by Crippen LogP contribution is -2.52. The molecule has 0 spiro atoms. The molecule has 0 bridgehead atoms. The van der Waals surface area contributed by atoms with Gasteiger partial charge in [0.1, 0.15) is 5.60 Å². The molecule has 0 aliphatic carbocycles. The predicted molar refractivity (Wildman–Crippen MR) is 84.9 cm³/mol. The van der Waals surface area contributed by atoms with E-state index in [1.807, 2.05) is 25.7 Å². The van der Waals surface area contributed by atoms with Crippen molar-refractivity contribution in [3.8, 4) is 0 Å². The quantitative estimate of drug-likeness (QED) is 0.845. The Bertz CT molecular complexity index is 385. The van der Waals surface area contributed by atoms with Gasteiger partial charge >= 0.3 is 6.09 Å². The molecule has 2 aliphatic rings. The van der Waals surface area contributed by atoms with Crippen LogP contribution >= 0.6 is 0 Å². The first-order valence-electron chi connectivity index (χ1n) is 7.92. The van der Waals surface area contributed by atoms with Crippen molar-refractivity contribution in [1.29, 1.82) is 0 Å². The summed E-state index contributed by atoms with van der Waals surface area (Å²) >= 11 is 0. The average molecular weight is 316 g/mol. The number of carbonyl (C=O) groups is 1. The monoisotopic (exact) mass is 316 g/mol. The van der Waals surface area contributed by atoms with Gasteiger partial charge in [0.05, 0.1) is 0 Å². The third kappa shape index (κ3) is 5.58. The summed E-state index contributed by atoms with van der Waals surface area (Å²) in [4.78, 5) is 13.9. The Hall–Kier alpha value is -0.620. The van der Waals surface area contributed by atoms with E-state index in [4.69, 9.17) is 4.74 Å². The molecule has 0 radical (unpaired) electrons. The van der Waals surface area contributed by atoms with Crippen LogP contribution in [0.4, 0.5) is 4.79 Å². The van der Waals surface area contributed by atoms with Gasteiger partial charge in [0.15, 0.2) is 0 Å². The van der Waals surface area contributed by atoms with Crippen LogP contribution in [0, 0.1) is 0 Å². The van der Waals surface area contributed by atoms with Crippen molar-refractivity contribution in [1.82, 2.24) is 10.2 Å². The zero-order valence-electron chi connectivity index (χ0n) is 13.4. The zero-order chi connectivity index (χ0) is 15.5. The van der Waals surface area contributed by atoms with Gasteiger partial charge in [-0.3, -0.25) is 4.21 Å². The number of carbonyl (C=O) groups excluding carboxylic acids is 1. The summed E-state index contributed by atoms with van der Waals surface area (Å²) in [5.41, 5.74) is -0.440. The first-order valence-corrected chi connectivity index (χ1v) is 9.41. The molecule has 1 unspecified atom stereocenters. The van der Waals surface area contributed by atoms with E-state index in [-0.39, 0.29) is 6.09 Å². The van der Waals surface area contributed by atoms with E-state index in [1.54, 1.807) is 0 Å². The van der Waals surface area contributed by atoms with E-state index in [9.17, 15) is 9.00 Å². The van der Waals surface area contributed by atoms with Gasteiger partial charge in [-0.25, -0.2) is 4.79 Å². The molecule has 21 heavy (non-hydrogen) atoms. The number of rotatable bonds is 2. The maximum Gasteiger partial charge on any atom is 0.410 e. The molecule has 0 aromatic heterocycles. The smallest absolute Gasteiger partial charge is 0.410 e. The number of nitrogens with one attached hydrogen (secondary N) is 1. The highest BCUT2D eigenvalue weighted by Crippen LogP contribution is 2.17. The molecule has 122 valence electrons. The highest BCUT2D eigenvalue weighted by molar-refractivity contribution is 7.85. The molecule has 1 amide bonds. The maximum atomic E-state index is 12.1. The van der Waals surface area contributed by atoms with Crippen molar-refractivity contribution in [2.24, 2.45) is 0 Å². The second kappa shape index (κ2) is 7.09. The molecule has 1 N–H and O–H groups in total. The molecular weight excluding hydrogens is 288 g/mol. The van der Waals surface area contributed by atoms with Crippen molar-refractivity contribution >= 4 is 16.9 Å². The minimum absolute atomic E-state index is 0.209. The predicted octanol–water partition coefficient (Wildman–Crippen LogP) is 1.89. The SMILES string of the molecule is CC(C)(C)OC(=O)N1CCCC(NC2CCS(=O)CC2)C1. The van der Waals surface area contributed by atoms with Crippen LogP contribution in [-0.4, -0.2) is 57.5 Å². The van der Waals surface area contributed by atoms with Crippen LogP contribution in [0.3, 0.4) is 0 Å². The second-order valence-corrected chi connectivity index (χ2v) is 8.75. The molecule has 2 heterocycles. The molecule has 0 aromatic carbocycles. The summed E-state index contributed by atoms with van der Waals surface area (Å²) in [5.74, 6) is 1.61. The van der Waals surface area contributed by atoms with Gasteiger partial charge in [0.2, 0.25) is 0 Å². The van der Waals surface area contributed by atoms with Crippen molar-refractivity contribution in [3.63, 3.8) is 0 Å². The first kappa shape index (κ1) is 16.7. The van der Waals surface area contributed by atoms with Crippen LogP contribution in [0.1, 0.15) is 46.5 Å². The highest BCUT2D eigenvalue weighted by atomic mass is 32.2. The third-order valence-corrected chi connectivity index (χ3v) is 5.31. The summed E-state index contributed by atoms with van der Waals surface area (Å²) in [6.45, 7) is 7.18. The van der Waals surface area contributed by atoms with Gasteiger partial charge in [0, 0.05) is 47.5 Å². The Morgan fingerprint density at radius 2 is 1.86 bits per heavy atom. The fourth-order valence-electron chi connectivity index (χ4n) is 2.90. The topological polar surface area (TPSA) is 58.6 Å². The Balaban J connectivity index is 1.80. The van der Waals surface area contributed by atoms with Crippen molar-refractivity contribution in [2.75, 3.05) is 24.6 Å². The van der Waals surface area contributed by atoms with E-state index in [1.165, 1.54) is 0 Å². The van der Waals surface area contributed by atoms with Crippen LogP contribution in [0.5, 0.6) is 0 Å². The van der Waals surface area contributed by atoms with Gasteiger partial charge in [-0.05, 0) is 46.5 Å². The van der Waals surface area contributed by atoms with Gasteiger partial charge in [0.25, 0.3) is 0 Å². The lowest BCUT2D eigenvalue weighted by molar-refractivity contribution is 0.0183. The van der Waals surface area contributed by atoms with E-state index in [2.05, 4.69) is 5.32 Å². The fraction of sp³-hybridized carbons (Fsp3) is 0.933. The third-order valence-electron chi connectivity index (χ3n) is 3.93. The van der Waals surface area contributed by atoms with E-state index < -0.39 is 16.4 Å². The maximum absolute atomic E-state index is 12.1. The van der Waals surface area contributed by atoms with E-state index in [0.29, 0.717) is 18.6 Å². The molecule has 2 fully saturated rings. The number of piperidine rings is 1. The number of hydrogen-bond acceptors (Lipinski definition) is 4. The Morgan fingerprint density at radius 1 is 1.19 bits per heavy atom. The molecule has 1 atom stereocenters. The normalized spacial score (nSPS) is 31.0. The molecular formula is C15H28N2O3S. The largest absolute Gasteiger partial charge is 0.444 e. The molecule has 2 rings (SSSR count). The Labute approximate surface area is 130 Å². The lowest BCUT2D eigenvalue weighted by atomic mass is 10.0. The lowest BCUT2D eigenvalue weighted by Gasteiger charge is -2.36. The average Bonchev–Trinajstić information content (AvgIpc) is 2.40. The number of amides is 1. The summed E-state index contributed by atoms with van der Waals surface area (Å²) in [7, 11) is -0.618. The molecule has 6 heteroatoms. The van der Waals surface area contributed by atoms with Crippen molar-refractivity contribution < 1.29 is 13.7 Å². The summed E-state index contributed by atoms with van der Waals surface area (Å²) in [6.07, 6.45) is 3.86. The van der Waals surface area contributed by atoms with Gasteiger partial charge < -0.3 is 15.0 Å². The molecule has 2 aliphatic heterocycles. The highest BCUT2D eigenvalue weighted by Gasteiger charge is 2.29. The number of likely N-dealkylation sites (tertiary alicyclic amines) is 1. The minimum atomic E-state index is -0.618. The first-order chi connectivity index (χ1) is 9.83. The van der Waals surface area contributed by atoms with E-state index >= 15 is 0 Å². The molecule has 0 aromatic rings. The molecule has 5 nitrogen and oxygen atoms in total. The van der Waals surface area contributed by atoms with Gasteiger partial charge in [-0.2, -0.15) is 0 Å². The number of nitrogens with zero attached hydrogens (tertiary/aromatic N) is 1.